The average Bonchev–Trinajstić information content (AvgIpc) is 2.47. The maximum Gasteiger partial charge on any atom is 0.118 e. The van der Waals surface area contributed by atoms with Crippen LogP contribution in [0, 0.1) is 0 Å². The third kappa shape index (κ3) is 4.16. The van der Waals surface area contributed by atoms with Gasteiger partial charge < -0.3 is 9.84 Å². The summed E-state index contributed by atoms with van der Waals surface area (Å²) in [6.07, 6.45) is 4.19. The van der Waals surface area contributed by atoms with E-state index < -0.39 is 0 Å². The van der Waals surface area contributed by atoms with Gasteiger partial charge in [-0.15, -0.1) is 0 Å². The molecule has 104 valence electrons. The minimum absolute atomic E-state index is 0.319. The number of hydrogen-bond donors (Lipinski definition) is 1. The minimum Gasteiger partial charge on any atom is -0.508 e. The number of allylic oxidation sites excluding steroid dienone is 1. The fourth-order valence-electron chi connectivity index (χ4n) is 2.06. The molecule has 0 aliphatic carbocycles. The second-order valence-corrected chi connectivity index (χ2v) is 4.93. The predicted octanol–water partition coefficient (Wildman–Crippen LogP) is 4.44. The lowest BCUT2D eigenvalue weighted by Crippen LogP contribution is -1.87. The summed E-state index contributed by atoms with van der Waals surface area (Å²) in [5.41, 5.74) is 3.77. The molecule has 20 heavy (non-hydrogen) atoms. The highest BCUT2D eigenvalue weighted by atomic mass is 16.5. The Hall–Kier alpha value is -2.22. The first-order chi connectivity index (χ1) is 9.67. The summed E-state index contributed by atoms with van der Waals surface area (Å²) in [5, 5.41) is 9.25. The number of phenols is 1. The van der Waals surface area contributed by atoms with Crippen LogP contribution in [0.2, 0.25) is 0 Å². The maximum absolute atomic E-state index is 9.25. The van der Waals surface area contributed by atoms with Crippen LogP contribution >= 0.6 is 0 Å². The molecule has 2 nitrogen and oxygen atoms in total. The molecule has 2 aromatic rings. The Morgan fingerprint density at radius 3 is 2.30 bits per heavy atom. The smallest absolute Gasteiger partial charge is 0.118 e. The molecule has 0 unspecified atom stereocenters. The zero-order valence-corrected chi connectivity index (χ0v) is 12.0. The highest BCUT2D eigenvalue weighted by Gasteiger charge is 1.97. The van der Waals surface area contributed by atoms with Crippen molar-refractivity contribution in [3.8, 4) is 11.5 Å². The van der Waals surface area contributed by atoms with E-state index in [1.165, 1.54) is 16.7 Å². The molecule has 2 aromatic carbocycles. The third-order valence-corrected chi connectivity index (χ3v) is 3.27. The van der Waals surface area contributed by atoms with Gasteiger partial charge in [0.05, 0.1) is 7.11 Å². The molecule has 2 rings (SSSR count). The summed E-state index contributed by atoms with van der Waals surface area (Å²) >= 11 is 0. The molecule has 1 N–H and O–H groups in total. The molecule has 0 aromatic heterocycles. The van der Waals surface area contributed by atoms with E-state index in [1.807, 2.05) is 24.3 Å². The van der Waals surface area contributed by atoms with Gasteiger partial charge >= 0.3 is 0 Å². The van der Waals surface area contributed by atoms with Crippen molar-refractivity contribution < 1.29 is 9.84 Å². The molecule has 0 fully saturated rings. The van der Waals surface area contributed by atoms with Crippen molar-refractivity contribution >= 4 is 6.08 Å². The van der Waals surface area contributed by atoms with Gasteiger partial charge in [-0.1, -0.05) is 35.9 Å². The first-order valence-corrected chi connectivity index (χ1v) is 6.76. The van der Waals surface area contributed by atoms with Gasteiger partial charge in [-0.25, -0.2) is 0 Å². The van der Waals surface area contributed by atoms with Gasteiger partial charge in [-0.2, -0.15) is 0 Å². The number of hydrogen-bond acceptors (Lipinski definition) is 2. The summed E-state index contributed by atoms with van der Waals surface area (Å²) in [7, 11) is 1.67. The van der Waals surface area contributed by atoms with E-state index in [1.54, 1.807) is 19.2 Å². The van der Waals surface area contributed by atoms with Crippen molar-refractivity contribution in [2.45, 2.75) is 19.8 Å². The first kappa shape index (κ1) is 14.2. The molecular weight excluding hydrogens is 248 g/mol. The van der Waals surface area contributed by atoms with Gasteiger partial charge in [0.25, 0.3) is 0 Å². The predicted molar refractivity (Wildman–Crippen MR) is 83.1 cm³/mol. The van der Waals surface area contributed by atoms with E-state index in [0.717, 1.165) is 18.6 Å². The van der Waals surface area contributed by atoms with E-state index in [9.17, 15) is 5.11 Å². The van der Waals surface area contributed by atoms with Crippen LogP contribution in [-0.2, 0) is 6.42 Å². The second-order valence-electron chi connectivity index (χ2n) is 4.93. The molecular formula is C18H20O2. The third-order valence-electron chi connectivity index (χ3n) is 3.27. The summed E-state index contributed by atoms with van der Waals surface area (Å²) in [6.45, 7) is 2.14. The topological polar surface area (TPSA) is 29.5 Å². The largest absolute Gasteiger partial charge is 0.508 e. The Kier molecular flexibility index (Phi) is 4.83. The zero-order valence-electron chi connectivity index (χ0n) is 12.0. The molecule has 0 aliphatic heterocycles. The van der Waals surface area contributed by atoms with E-state index in [2.05, 4.69) is 25.1 Å². The molecule has 0 heterocycles. The monoisotopic (exact) mass is 268 g/mol. The lowest BCUT2D eigenvalue weighted by Gasteiger charge is -2.04. The van der Waals surface area contributed by atoms with Crippen LogP contribution in [-0.4, -0.2) is 12.2 Å². The van der Waals surface area contributed by atoms with Gasteiger partial charge in [0.15, 0.2) is 0 Å². The Morgan fingerprint density at radius 1 is 1.05 bits per heavy atom. The molecule has 0 radical (unpaired) electrons. The quantitative estimate of drug-likeness (QED) is 0.868. The molecule has 0 saturated carbocycles. The highest BCUT2D eigenvalue weighted by Crippen LogP contribution is 2.17. The van der Waals surface area contributed by atoms with Crippen LogP contribution in [0.5, 0.6) is 11.5 Å². The SMILES string of the molecule is COc1ccc(/C=C(\C)CCc2ccc(O)cc2)cc1. The van der Waals surface area contributed by atoms with Crippen molar-refractivity contribution in [2.24, 2.45) is 0 Å². The summed E-state index contributed by atoms with van der Waals surface area (Å²) in [5.74, 6) is 1.20. The summed E-state index contributed by atoms with van der Waals surface area (Å²) < 4.78 is 5.15. The van der Waals surface area contributed by atoms with Gasteiger partial charge in [0.2, 0.25) is 0 Å². The van der Waals surface area contributed by atoms with E-state index >= 15 is 0 Å². The standard InChI is InChI=1S/C18H20O2/c1-14(3-4-15-5-9-17(19)10-6-15)13-16-7-11-18(20-2)12-8-16/h5-13,19H,3-4H2,1-2H3/b14-13+. The van der Waals surface area contributed by atoms with E-state index in [-0.39, 0.29) is 0 Å². The van der Waals surface area contributed by atoms with Crippen molar-refractivity contribution in [1.29, 1.82) is 0 Å². The zero-order chi connectivity index (χ0) is 14.4. The normalized spacial score (nSPS) is 11.4. The fraction of sp³-hybridized carbons (Fsp3) is 0.222. The van der Waals surface area contributed by atoms with Gasteiger partial charge in [-0.05, 0) is 55.2 Å². The molecule has 0 atom stereocenters. The minimum atomic E-state index is 0.319. The van der Waals surface area contributed by atoms with Crippen LogP contribution in [0.15, 0.2) is 54.1 Å². The fourth-order valence-corrected chi connectivity index (χ4v) is 2.06. The van der Waals surface area contributed by atoms with Crippen LogP contribution < -0.4 is 4.74 Å². The van der Waals surface area contributed by atoms with Gasteiger partial charge in [-0.3, -0.25) is 0 Å². The Morgan fingerprint density at radius 2 is 1.70 bits per heavy atom. The van der Waals surface area contributed by atoms with Crippen molar-refractivity contribution in [3.05, 3.63) is 65.2 Å². The number of rotatable bonds is 5. The second kappa shape index (κ2) is 6.80. The molecule has 0 aliphatic rings. The molecule has 0 amide bonds. The lowest BCUT2D eigenvalue weighted by molar-refractivity contribution is 0.415. The van der Waals surface area contributed by atoms with E-state index in [0.29, 0.717) is 5.75 Å². The first-order valence-electron chi connectivity index (χ1n) is 6.76. The molecule has 0 spiro atoms. The summed E-state index contributed by atoms with van der Waals surface area (Å²) in [6, 6.07) is 15.5. The van der Waals surface area contributed by atoms with Crippen LogP contribution in [0.25, 0.3) is 6.08 Å². The van der Waals surface area contributed by atoms with Crippen LogP contribution in [0.3, 0.4) is 0 Å². The van der Waals surface area contributed by atoms with Gasteiger partial charge in [0, 0.05) is 0 Å². The van der Waals surface area contributed by atoms with Crippen LogP contribution in [0.1, 0.15) is 24.5 Å². The number of phenolic OH excluding ortho intramolecular Hbond substituents is 1. The van der Waals surface area contributed by atoms with Crippen molar-refractivity contribution in [1.82, 2.24) is 0 Å². The molecule has 0 saturated heterocycles. The highest BCUT2D eigenvalue weighted by molar-refractivity contribution is 5.53. The van der Waals surface area contributed by atoms with E-state index in [4.69, 9.17) is 4.74 Å². The van der Waals surface area contributed by atoms with Crippen LogP contribution in [0.4, 0.5) is 0 Å². The Balaban J connectivity index is 1.94. The lowest BCUT2D eigenvalue weighted by atomic mass is 10.0. The number of aromatic hydroxyl groups is 1. The molecule has 2 heteroatoms. The molecule has 0 bridgehead atoms. The Labute approximate surface area is 120 Å². The number of methoxy groups -OCH3 is 1. The average molecular weight is 268 g/mol. The number of aryl methyl sites for hydroxylation is 1. The Bertz CT molecular complexity index is 565. The van der Waals surface area contributed by atoms with Crippen molar-refractivity contribution in [3.63, 3.8) is 0 Å². The summed E-state index contributed by atoms with van der Waals surface area (Å²) in [4.78, 5) is 0. The maximum atomic E-state index is 9.25. The number of benzene rings is 2. The van der Waals surface area contributed by atoms with Gasteiger partial charge in [0.1, 0.15) is 11.5 Å². The van der Waals surface area contributed by atoms with Crippen molar-refractivity contribution in [2.75, 3.05) is 7.11 Å². The number of ether oxygens (including phenoxy) is 1.